The van der Waals surface area contributed by atoms with Crippen molar-refractivity contribution in [2.75, 3.05) is 32.7 Å². The van der Waals surface area contributed by atoms with Gasteiger partial charge in [-0.05, 0) is 18.2 Å². The van der Waals surface area contributed by atoms with E-state index in [4.69, 9.17) is 17.3 Å². The van der Waals surface area contributed by atoms with E-state index in [1.54, 1.807) is 12.1 Å². The first-order valence-electron chi connectivity index (χ1n) is 6.26. The average Bonchev–Trinajstić information content (AvgIpc) is 2.38. The van der Waals surface area contributed by atoms with Gasteiger partial charge in [-0.3, -0.25) is 9.69 Å². The third-order valence-corrected chi connectivity index (χ3v) is 6.10. The second-order valence-electron chi connectivity index (χ2n) is 4.72. The van der Waals surface area contributed by atoms with E-state index in [-0.39, 0.29) is 16.5 Å². The Hall–Kier alpha value is -0.670. The molecule has 21 heavy (non-hydrogen) atoms. The van der Waals surface area contributed by atoms with Crippen LogP contribution in [-0.4, -0.2) is 56.3 Å². The number of amides is 1. The van der Waals surface area contributed by atoms with Gasteiger partial charge in [0.05, 0.1) is 11.6 Å². The number of nitrogens with zero attached hydrogens (tertiary/aromatic N) is 2. The molecular formula is C12H15BrClN3O3S. The van der Waals surface area contributed by atoms with Crippen molar-refractivity contribution in [3.05, 3.63) is 27.7 Å². The number of sulfonamides is 1. The molecule has 0 spiro atoms. The fraction of sp³-hybridized carbons (Fsp3) is 0.417. The number of primary amides is 1. The summed E-state index contributed by atoms with van der Waals surface area (Å²) in [4.78, 5) is 12.8. The molecule has 0 saturated carbocycles. The SMILES string of the molecule is NC(=O)CN1CCN(S(=O)(=O)c2ccc(Br)cc2Cl)CC1. The zero-order chi connectivity index (χ0) is 15.6. The second-order valence-corrected chi connectivity index (χ2v) is 7.95. The summed E-state index contributed by atoms with van der Waals surface area (Å²) in [6, 6.07) is 4.68. The van der Waals surface area contributed by atoms with Gasteiger partial charge in [-0.25, -0.2) is 8.42 Å². The van der Waals surface area contributed by atoms with Gasteiger partial charge in [0, 0.05) is 30.7 Å². The van der Waals surface area contributed by atoms with Crippen LogP contribution in [0.5, 0.6) is 0 Å². The van der Waals surface area contributed by atoms with Crippen LogP contribution in [0, 0.1) is 0 Å². The standard InChI is InChI=1S/C12H15BrClN3O3S/c13-9-1-2-11(10(14)7-9)21(19,20)17-5-3-16(4-6-17)8-12(15)18/h1-2,7H,3-6,8H2,(H2,15,18). The minimum atomic E-state index is -3.62. The molecule has 0 atom stereocenters. The van der Waals surface area contributed by atoms with Crippen LogP contribution in [0.2, 0.25) is 5.02 Å². The number of hydrogen-bond donors (Lipinski definition) is 1. The van der Waals surface area contributed by atoms with E-state index >= 15 is 0 Å². The maximum absolute atomic E-state index is 12.6. The van der Waals surface area contributed by atoms with Gasteiger partial charge in [-0.1, -0.05) is 27.5 Å². The van der Waals surface area contributed by atoms with Crippen molar-refractivity contribution in [2.45, 2.75) is 4.90 Å². The number of carbonyl (C=O) groups is 1. The lowest BCUT2D eigenvalue weighted by molar-refractivity contribution is -0.119. The Morgan fingerprint density at radius 3 is 2.43 bits per heavy atom. The Morgan fingerprint density at radius 2 is 1.90 bits per heavy atom. The maximum atomic E-state index is 12.6. The molecular weight excluding hydrogens is 382 g/mol. The van der Waals surface area contributed by atoms with Gasteiger partial charge in [0.25, 0.3) is 0 Å². The first-order valence-corrected chi connectivity index (χ1v) is 8.87. The van der Waals surface area contributed by atoms with Gasteiger partial charge in [0.15, 0.2) is 0 Å². The van der Waals surface area contributed by atoms with Crippen molar-refractivity contribution in [3.63, 3.8) is 0 Å². The molecule has 2 N–H and O–H groups in total. The van der Waals surface area contributed by atoms with Crippen molar-refractivity contribution in [1.29, 1.82) is 0 Å². The molecule has 0 aromatic heterocycles. The summed E-state index contributed by atoms with van der Waals surface area (Å²) in [5.41, 5.74) is 5.13. The molecule has 1 aliphatic rings. The molecule has 1 aromatic rings. The lowest BCUT2D eigenvalue weighted by atomic mass is 10.3. The van der Waals surface area contributed by atoms with Crippen LogP contribution >= 0.6 is 27.5 Å². The smallest absolute Gasteiger partial charge is 0.244 e. The molecule has 1 saturated heterocycles. The van der Waals surface area contributed by atoms with Crippen molar-refractivity contribution in [3.8, 4) is 0 Å². The van der Waals surface area contributed by atoms with Crippen LogP contribution in [-0.2, 0) is 14.8 Å². The Balaban J connectivity index is 2.13. The summed E-state index contributed by atoms with van der Waals surface area (Å²) in [7, 11) is -3.62. The number of rotatable bonds is 4. The fourth-order valence-electron chi connectivity index (χ4n) is 2.17. The molecule has 1 amide bonds. The first kappa shape index (κ1) is 16.7. The normalized spacial score (nSPS) is 17.8. The average molecular weight is 397 g/mol. The lowest BCUT2D eigenvalue weighted by Gasteiger charge is -2.33. The number of halogens is 2. The first-order chi connectivity index (χ1) is 9.80. The molecule has 0 unspecified atom stereocenters. The van der Waals surface area contributed by atoms with Crippen molar-refractivity contribution in [1.82, 2.24) is 9.21 Å². The Bertz CT molecular complexity index is 645. The molecule has 116 valence electrons. The summed E-state index contributed by atoms with van der Waals surface area (Å²) in [5.74, 6) is -0.415. The Labute approximate surface area is 137 Å². The molecule has 1 aliphatic heterocycles. The number of carbonyl (C=O) groups excluding carboxylic acids is 1. The summed E-state index contributed by atoms with van der Waals surface area (Å²) in [6.45, 7) is 1.70. The van der Waals surface area contributed by atoms with Gasteiger partial charge in [-0.2, -0.15) is 4.31 Å². The van der Waals surface area contributed by atoms with Crippen molar-refractivity contribution < 1.29 is 13.2 Å². The molecule has 2 rings (SSSR count). The van der Waals surface area contributed by atoms with E-state index in [0.717, 1.165) is 4.47 Å². The minimum Gasteiger partial charge on any atom is -0.369 e. The number of hydrogen-bond acceptors (Lipinski definition) is 4. The predicted molar refractivity (Wildman–Crippen MR) is 83.5 cm³/mol. The van der Waals surface area contributed by atoms with Crippen LogP contribution < -0.4 is 5.73 Å². The lowest BCUT2D eigenvalue weighted by Crippen LogP contribution is -2.50. The van der Waals surface area contributed by atoms with Crippen molar-refractivity contribution in [2.24, 2.45) is 5.73 Å². The highest BCUT2D eigenvalue weighted by atomic mass is 79.9. The zero-order valence-corrected chi connectivity index (χ0v) is 14.3. The van der Waals surface area contributed by atoms with Gasteiger partial charge in [-0.15, -0.1) is 0 Å². The minimum absolute atomic E-state index is 0.0933. The zero-order valence-electron chi connectivity index (χ0n) is 11.1. The van der Waals surface area contributed by atoms with Crippen LogP contribution in [0.4, 0.5) is 0 Å². The third-order valence-electron chi connectivity index (χ3n) is 3.22. The van der Waals surface area contributed by atoms with E-state index < -0.39 is 15.9 Å². The largest absolute Gasteiger partial charge is 0.369 e. The quantitative estimate of drug-likeness (QED) is 0.819. The molecule has 0 radical (unpaired) electrons. The number of benzene rings is 1. The summed E-state index contributed by atoms with van der Waals surface area (Å²) >= 11 is 9.27. The summed E-state index contributed by atoms with van der Waals surface area (Å²) < 4.78 is 27.2. The highest BCUT2D eigenvalue weighted by Gasteiger charge is 2.30. The van der Waals surface area contributed by atoms with Gasteiger partial charge < -0.3 is 5.73 Å². The van der Waals surface area contributed by atoms with Crippen LogP contribution in [0.25, 0.3) is 0 Å². The molecule has 1 aromatic carbocycles. The number of piperazine rings is 1. The molecule has 1 heterocycles. The van der Waals surface area contributed by atoms with E-state index in [9.17, 15) is 13.2 Å². The van der Waals surface area contributed by atoms with Gasteiger partial charge in [0.1, 0.15) is 4.90 Å². The Morgan fingerprint density at radius 1 is 1.29 bits per heavy atom. The van der Waals surface area contributed by atoms with Crippen LogP contribution in [0.1, 0.15) is 0 Å². The predicted octanol–water partition coefficient (Wildman–Crippen LogP) is 0.894. The monoisotopic (exact) mass is 395 g/mol. The summed E-state index contributed by atoms with van der Waals surface area (Å²) in [6.07, 6.45) is 0. The van der Waals surface area contributed by atoms with Gasteiger partial charge in [0.2, 0.25) is 15.9 Å². The maximum Gasteiger partial charge on any atom is 0.244 e. The highest BCUT2D eigenvalue weighted by molar-refractivity contribution is 9.10. The van der Waals surface area contributed by atoms with Crippen LogP contribution in [0.3, 0.4) is 0 Å². The molecule has 9 heteroatoms. The summed E-state index contributed by atoms with van der Waals surface area (Å²) in [5, 5.41) is 0.184. The Kier molecular flexibility index (Phi) is 5.26. The van der Waals surface area contributed by atoms with E-state index in [1.165, 1.54) is 10.4 Å². The topological polar surface area (TPSA) is 83.7 Å². The fourth-order valence-corrected chi connectivity index (χ4v) is 4.61. The van der Waals surface area contributed by atoms with Gasteiger partial charge >= 0.3 is 0 Å². The van der Waals surface area contributed by atoms with E-state index in [2.05, 4.69) is 15.9 Å². The highest BCUT2D eigenvalue weighted by Crippen LogP contribution is 2.28. The van der Waals surface area contributed by atoms with Crippen molar-refractivity contribution >= 4 is 43.5 Å². The second kappa shape index (κ2) is 6.62. The van der Waals surface area contributed by atoms with E-state index in [0.29, 0.717) is 26.2 Å². The molecule has 6 nitrogen and oxygen atoms in total. The molecule has 0 bridgehead atoms. The third kappa shape index (κ3) is 3.95. The number of nitrogens with two attached hydrogens (primary N) is 1. The molecule has 1 fully saturated rings. The van der Waals surface area contributed by atoms with E-state index in [1.807, 2.05) is 4.90 Å². The van der Waals surface area contributed by atoms with Crippen LogP contribution in [0.15, 0.2) is 27.6 Å². The molecule has 0 aliphatic carbocycles.